The first kappa shape index (κ1) is 16.6. The van der Waals surface area contributed by atoms with Crippen molar-refractivity contribution < 1.29 is 14.2 Å². The summed E-state index contributed by atoms with van der Waals surface area (Å²) in [6.07, 6.45) is 0.305. The largest absolute Gasteiger partial charge is 0.409 e. The van der Waals surface area contributed by atoms with E-state index < -0.39 is 5.82 Å². The van der Waals surface area contributed by atoms with Gasteiger partial charge in [0, 0.05) is 12.1 Å². The lowest BCUT2D eigenvalue weighted by Gasteiger charge is -2.07. The molecule has 0 fully saturated rings. The second-order valence-corrected chi connectivity index (χ2v) is 5.18. The van der Waals surface area contributed by atoms with Crippen LogP contribution < -0.4 is 11.1 Å². The van der Waals surface area contributed by atoms with E-state index in [1.165, 1.54) is 22.9 Å². The normalized spacial score (nSPS) is 11.7. The Morgan fingerprint density at radius 1 is 1.44 bits per heavy atom. The zero-order chi connectivity index (χ0) is 17.8. The van der Waals surface area contributed by atoms with Crippen LogP contribution >= 0.6 is 11.6 Å². The molecule has 0 atom stereocenters. The molecule has 0 aliphatic carbocycles. The Bertz CT molecular complexity index is 910. The van der Waals surface area contributed by atoms with E-state index in [4.69, 9.17) is 22.0 Å². The average Bonchev–Trinajstić information content (AvgIpc) is 3.22. The Balaban J connectivity index is 1.76. The number of hydrogen-bond donors (Lipinski definition) is 3. The highest BCUT2D eigenvalue weighted by atomic mass is 35.5. The van der Waals surface area contributed by atoms with Gasteiger partial charge in [-0.05, 0) is 33.8 Å². The van der Waals surface area contributed by atoms with E-state index in [1.54, 1.807) is 0 Å². The molecule has 1 aromatic carbocycles. The molecule has 0 radical (unpaired) electrons. The third kappa shape index (κ3) is 3.63. The van der Waals surface area contributed by atoms with Crippen molar-refractivity contribution in [2.45, 2.75) is 13.0 Å². The molecule has 0 amide bonds. The topological polar surface area (TPSA) is 153 Å². The standard InChI is InChI=1S/C12H11ClFN9O2/c13-7-5-6(1-2-8(7)14)16-11(18-24)10-9(19-25-20-10)3-4-23-12(15)17-21-22-23/h1-2,5,24H,3-4H2,(H,16,18)(H2,15,17,22). The summed E-state index contributed by atoms with van der Waals surface area (Å²) in [6.45, 7) is 0.307. The summed E-state index contributed by atoms with van der Waals surface area (Å²) in [5, 5.41) is 33.2. The van der Waals surface area contributed by atoms with Gasteiger partial charge in [0.25, 0.3) is 0 Å². The van der Waals surface area contributed by atoms with Crippen LogP contribution in [0.5, 0.6) is 0 Å². The predicted molar refractivity (Wildman–Crippen MR) is 83.6 cm³/mol. The second kappa shape index (κ2) is 7.09. The Kier molecular flexibility index (Phi) is 4.70. The molecular weight excluding hydrogens is 357 g/mol. The number of hydrogen-bond acceptors (Lipinski definition) is 9. The summed E-state index contributed by atoms with van der Waals surface area (Å²) < 4.78 is 19.3. The van der Waals surface area contributed by atoms with Gasteiger partial charge < -0.3 is 16.3 Å². The highest BCUT2D eigenvalue weighted by molar-refractivity contribution is 6.31. The van der Waals surface area contributed by atoms with Crippen molar-refractivity contribution >= 4 is 29.1 Å². The Labute approximate surface area is 144 Å². The summed E-state index contributed by atoms with van der Waals surface area (Å²) in [7, 11) is 0. The molecule has 3 rings (SSSR count). The number of halogens is 2. The number of nitrogens with one attached hydrogen (secondary N) is 1. The van der Waals surface area contributed by atoms with Crippen molar-refractivity contribution in [1.29, 1.82) is 0 Å². The van der Waals surface area contributed by atoms with E-state index in [0.717, 1.165) is 0 Å². The van der Waals surface area contributed by atoms with Gasteiger partial charge in [-0.1, -0.05) is 27.0 Å². The lowest BCUT2D eigenvalue weighted by molar-refractivity contribution is 0.300. The summed E-state index contributed by atoms with van der Waals surface area (Å²) in [5.41, 5.74) is 6.51. The molecule has 130 valence electrons. The molecule has 0 saturated carbocycles. The molecule has 4 N–H and O–H groups in total. The predicted octanol–water partition coefficient (Wildman–Crippen LogP) is 0.921. The molecule has 11 nitrogen and oxygen atoms in total. The van der Waals surface area contributed by atoms with E-state index in [1.807, 2.05) is 0 Å². The van der Waals surface area contributed by atoms with Crippen LogP contribution in [-0.2, 0) is 13.0 Å². The van der Waals surface area contributed by atoms with Crippen LogP contribution in [0.25, 0.3) is 0 Å². The minimum Gasteiger partial charge on any atom is -0.409 e. The second-order valence-electron chi connectivity index (χ2n) is 4.77. The van der Waals surface area contributed by atoms with Gasteiger partial charge in [0.2, 0.25) is 11.8 Å². The number of nitrogens with zero attached hydrogens (tertiary/aromatic N) is 7. The van der Waals surface area contributed by atoms with E-state index in [9.17, 15) is 9.60 Å². The van der Waals surface area contributed by atoms with Gasteiger partial charge in [0.15, 0.2) is 5.69 Å². The van der Waals surface area contributed by atoms with Gasteiger partial charge in [-0.3, -0.25) is 0 Å². The molecule has 2 heterocycles. The van der Waals surface area contributed by atoms with Crippen molar-refractivity contribution in [2.75, 3.05) is 11.1 Å². The lowest BCUT2D eigenvalue weighted by Crippen LogP contribution is -2.17. The summed E-state index contributed by atoms with van der Waals surface area (Å²) in [4.78, 5) is 0. The van der Waals surface area contributed by atoms with Crippen molar-refractivity contribution in [3.05, 3.63) is 40.4 Å². The first-order valence-electron chi connectivity index (χ1n) is 6.86. The zero-order valence-corrected chi connectivity index (χ0v) is 13.2. The fraction of sp³-hybridized carbons (Fsp3) is 0.167. The van der Waals surface area contributed by atoms with E-state index in [0.29, 0.717) is 24.3 Å². The quantitative estimate of drug-likeness (QED) is 0.258. The number of oxime groups is 1. The molecule has 0 bridgehead atoms. The highest BCUT2D eigenvalue weighted by Gasteiger charge is 2.18. The average molecular weight is 368 g/mol. The third-order valence-electron chi connectivity index (χ3n) is 3.18. The maximum Gasteiger partial charge on any atom is 0.240 e. The number of rotatable bonds is 5. The van der Waals surface area contributed by atoms with E-state index >= 15 is 0 Å². The molecule has 25 heavy (non-hydrogen) atoms. The number of aromatic nitrogens is 6. The Morgan fingerprint density at radius 2 is 2.28 bits per heavy atom. The van der Waals surface area contributed by atoms with Crippen molar-refractivity contribution in [1.82, 2.24) is 30.5 Å². The fourth-order valence-corrected chi connectivity index (χ4v) is 2.16. The monoisotopic (exact) mass is 367 g/mol. The van der Waals surface area contributed by atoms with Gasteiger partial charge in [-0.25, -0.2) is 13.7 Å². The zero-order valence-electron chi connectivity index (χ0n) is 12.5. The molecule has 0 unspecified atom stereocenters. The van der Waals surface area contributed by atoms with Gasteiger partial charge in [-0.2, -0.15) is 0 Å². The first-order chi connectivity index (χ1) is 12.1. The third-order valence-corrected chi connectivity index (χ3v) is 3.47. The van der Waals surface area contributed by atoms with Gasteiger partial charge in [0.05, 0.1) is 11.6 Å². The summed E-state index contributed by atoms with van der Waals surface area (Å²) in [5.74, 6) is -0.478. The Morgan fingerprint density at radius 3 is 2.96 bits per heavy atom. The van der Waals surface area contributed by atoms with Crippen LogP contribution in [0, 0.1) is 5.82 Å². The number of aryl methyl sites for hydroxylation is 2. The summed E-state index contributed by atoms with van der Waals surface area (Å²) >= 11 is 5.72. The number of amidine groups is 1. The maximum atomic E-state index is 13.2. The van der Waals surface area contributed by atoms with E-state index in [-0.39, 0.29) is 22.5 Å². The SMILES string of the molecule is Nc1nnnn1CCc1nonc1/C(=N/O)Nc1ccc(F)c(Cl)c1. The number of tetrazole rings is 1. The number of nitrogens with two attached hydrogens (primary N) is 1. The van der Waals surface area contributed by atoms with Gasteiger partial charge in [0.1, 0.15) is 11.5 Å². The molecular formula is C12H11ClFN9O2. The van der Waals surface area contributed by atoms with Crippen molar-refractivity contribution in [3.63, 3.8) is 0 Å². The number of nitrogen functional groups attached to an aromatic ring is 1. The minimum atomic E-state index is -0.572. The van der Waals surface area contributed by atoms with Crippen LogP contribution in [0.4, 0.5) is 16.0 Å². The van der Waals surface area contributed by atoms with Crippen LogP contribution in [0.1, 0.15) is 11.4 Å². The van der Waals surface area contributed by atoms with Crippen molar-refractivity contribution in [2.24, 2.45) is 5.16 Å². The molecule has 0 aliphatic rings. The first-order valence-corrected chi connectivity index (χ1v) is 7.24. The van der Waals surface area contributed by atoms with Crippen LogP contribution in [0.2, 0.25) is 5.02 Å². The molecule has 0 saturated heterocycles. The molecule has 0 spiro atoms. The van der Waals surface area contributed by atoms with E-state index in [2.05, 4.69) is 36.3 Å². The molecule has 2 aromatic heterocycles. The van der Waals surface area contributed by atoms with Crippen LogP contribution in [-0.4, -0.2) is 41.6 Å². The van der Waals surface area contributed by atoms with Gasteiger partial charge >= 0.3 is 0 Å². The smallest absolute Gasteiger partial charge is 0.240 e. The molecule has 0 aliphatic heterocycles. The minimum absolute atomic E-state index is 0.0522. The van der Waals surface area contributed by atoms with Gasteiger partial charge in [-0.15, -0.1) is 0 Å². The maximum absolute atomic E-state index is 13.2. The summed E-state index contributed by atoms with van der Waals surface area (Å²) in [6, 6.07) is 3.92. The molecule has 3 aromatic rings. The van der Waals surface area contributed by atoms with Crippen molar-refractivity contribution in [3.8, 4) is 0 Å². The fourth-order valence-electron chi connectivity index (χ4n) is 1.98. The lowest BCUT2D eigenvalue weighted by atomic mass is 10.2. The number of benzene rings is 1. The molecule has 13 heteroatoms. The highest BCUT2D eigenvalue weighted by Crippen LogP contribution is 2.20. The number of anilines is 2. The Hall–Kier alpha value is -3.28. The van der Waals surface area contributed by atoms with Crippen LogP contribution in [0.15, 0.2) is 28.0 Å². The van der Waals surface area contributed by atoms with Crippen LogP contribution in [0.3, 0.4) is 0 Å².